The zero-order valence-electron chi connectivity index (χ0n) is 9.06. The van der Waals surface area contributed by atoms with Gasteiger partial charge < -0.3 is 4.74 Å². The van der Waals surface area contributed by atoms with Crippen molar-refractivity contribution in [3.8, 4) is 0 Å². The molecule has 0 N–H and O–H groups in total. The molecule has 0 spiro atoms. The van der Waals surface area contributed by atoms with E-state index in [1.807, 2.05) is 0 Å². The molecule has 0 aliphatic rings. The predicted molar refractivity (Wildman–Crippen MR) is 60.6 cm³/mol. The van der Waals surface area contributed by atoms with Gasteiger partial charge in [-0.2, -0.15) is 0 Å². The third-order valence-corrected chi connectivity index (χ3v) is 3.19. The maximum atomic E-state index is 11.2. The van der Waals surface area contributed by atoms with Crippen LogP contribution in [0.2, 0.25) is 0 Å². The van der Waals surface area contributed by atoms with Crippen molar-refractivity contribution in [2.75, 3.05) is 13.4 Å². The second kappa shape index (κ2) is 4.49. The van der Waals surface area contributed by atoms with Crippen molar-refractivity contribution in [2.45, 2.75) is 4.90 Å². The second-order valence-electron chi connectivity index (χ2n) is 3.27. The Morgan fingerprint density at radius 2 is 1.75 bits per heavy atom. The standard InChI is InChI=1S/C11H12O4S/c1-8(11(12)15-2)9-4-6-10(7-5-9)16(3,13)14/h4-7H,1H2,2-3H3. The molecule has 86 valence electrons. The van der Waals surface area contributed by atoms with Crippen LogP contribution < -0.4 is 0 Å². The van der Waals surface area contributed by atoms with E-state index in [0.29, 0.717) is 5.56 Å². The molecule has 0 saturated heterocycles. The molecule has 0 aliphatic heterocycles. The SMILES string of the molecule is C=C(C(=O)OC)c1ccc(S(C)(=O)=O)cc1. The summed E-state index contributed by atoms with van der Waals surface area (Å²) in [7, 11) is -1.95. The van der Waals surface area contributed by atoms with E-state index in [1.165, 1.54) is 31.4 Å². The largest absolute Gasteiger partial charge is 0.465 e. The van der Waals surface area contributed by atoms with Gasteiger partial charge in [-0.05, 0) is 17.7 Å². The Balaban J connectivity index is 3.05. The molecule has 0 aliphatic carbocycles. The van der Waals surface area contributed by atoms with Crippen LogP contribution in [0, 0.1) is 0 Å². The molecule has 5 heteroatoms. The summed E-state index contributed by atoms with van der Waals surface area (Å²) in [5.74, 6) is -0.535. The molecule has 1 rings (SSSR count). The normalized spacial score (nSPS) is 10.9. The van der Waals surface area contributed by atoms with Gasteiger partial charge in [-0.25, -0.2) is 13.2 Å². The Bertz CT molecular complexity index is 511. The van der Waals surface area contributed by atoms with Crippen LogP contribution in [0.5, 0.6) is 0 Å². The number of rotatable bonds is 3. The van der Waals surface area contributed by atoms with Crippen LogP contribution >= 0.6 is 0 Å². The zero-order chi connectivity index (χ0) is 12.3. The fraction of sp³-hybridized carbons (Fsp3) is 0.182. The number of carbonyl (C=O) groups is 1. The van der Waals surface area contributed by atoms with Gasteiger partial charge in [0.2, 0.25) is 0 Å². The number of sulfone groups is 1. The second-order valence-corrected chi connectivity index (χ2v) is 5.28. The highest BCUT2D eigenvalue weighted by atomic mass is 32.2. The van der Waals surface area contributed by atoms with Gasteiger partial charge in [-0.3, -0.25) is 0 Å². The number of esters is 1. The Morgan fingerprint density at radius 1 is 1.25 bits per heavy atom. The van der Waals surface area contributed by atoms with Gasteiger partial charge in [0.15, 0.2) is 9.84 Å². The average molecular weight is 240 g/mol. The summed E-state index contributed by atoms with van der Waals surface area (Å²) in [4.78, 5) is 11.4. The highest BCUT2D eigenvalue weighted by molar-refractivity contribution is 7.90. The highest BCUT2D eigenvalue weighted by Gasteiger charge is 2.11. The minimum atomic E-state index is -3.22. The van der Waals surface area contributed by atoms with E-state index < -0.39 is 15.8 Å². The van der Waals surface area contributed by atoms with E-state index in [4.69, 9.17) is 0 Å². The number of ether oxygens (including phenoxy) is 1. The van der Waals surface area contributed by atoms with Crippen molar-refractivity contribution in [1.82, 2.24) is 0 Å². The lowest BCUT2D eigenvalue weighted by atomic mass is 10.1. The summed E-state index contributed by atoms with van der Waals surface area (Å²) in [6.45, 7) is 3.56. The molecular weight excluding hydrogens is 228 g/mol. The van der Waals surface area contributed by atoms with E-state index in [1.54, 1.807) is 0 Å². The monoisotopic (exact) mass is 240 g/mol. The van der Waals surface area contributed by atoms with Crippen molar-refractivity contribution in [1.29, 1.82) is 0 Å². The summed E-state index contributed by atoms with van der Waals surface area (Å²) in [6.07, 6.45) is 1.12. The summed E-state index contributed by atoms with van der Waals surface area (Å²) in [5, 5.41) is 0. The van der Waals surface area contributed by atoms with Crippen molar-refractivity contribution in [3.63, 3.8) is 0 Å². The van der Waals surface area contributed by atoms with Gasteiger partial charge in [0, 0.05) is 6.26 Å². The quantitative estimate of drug-likeness (QED) is 0.589. The first-order valence-electron chi connectivity index (χ1n) is 4.44. The fourth-order valence-electron chi connectivity index (χ4n) is 1.14. The number of hydrogen-bond acceptors (Lipinski definition) is 4. The van der Waals surface area contributed by atoms with E-state index in [2.05, 4.69) is 11.3 Å². The van der Waals surface area contributed by atoms with Gasteiger partial charge in [0.05, 0.1) is 17.6 Å². The average Bonchev–Trinajstić information content (AvgIpc) is 2.26. The van der Waals surface area contributed by atoms with Crippen molar-refractivity contribution < 1.29 is 17.9 Å². The molecule has 0 saturated carbocycles. The van der Waals surface area contributed by atoms with Crippen LogP contribution in [-0.2, 0) is 19.4 Å². The number of hydrogen-bond donors (Lipinski definition) is 0. The van der Waals surface area contributed by atoms with Crippen LogP contribution in [-0.4, -0.2) is 27.8 Å². The summed E-state index contributed by atoms with van der Waals surface area (Å²) in [6, 6.07) is 5.91. The van der Waals surface area contributed by atoms with Gasteiger partial charge in [-0.15, -0.1) is 0 Å². The molecule has 4 nitrogen and oxygen atoms in total. The number of carbonyl (C=O) groups excluding carboxylic acids is 1. The van der Waals surface area contributed by atoms with Crippen LogP contribution in [0.3, 0.4) is 0 Å². The molecule has 0 bridgehead atoms. The lowest BCUT2D eigenvalue weighted by molar-refractivity contribution is -0.133. The lowest BCUT2D eigenvalue weighted by Crippen LogP contribution is -2.03. The third kappa shape index (κ3) is 2.70. The van der Waals surface area contributed by atoms with Crippen molar-refractivity contribution >= 4 is 21.4 Å². The van der Waals surface area contributed by atoms with Crippen molar-refractivity contribution in [3.05, 3.63) is 36.4 Å². The summed E-state index contributed by atoms with van der Waals surface area (Å²) < 4.78 is 26.9. The Morgan fingerprint density at radius 3 is 2.12 bits per heavy atom. The maximum absolute atomic E-state index is 11.2. The first-order chi connectivity index (χ1) is 7.36. The summed E-state index contributed by atoms with van der Waals surface area (Å²) >= 11 is 0. The molecule has 1 aromatic rings. The van der Waals surface area contributed by atoms with Crippen LogP contribution in [0.15, 0.2) is 35.7 Å². The molecule has 1 aromatic carbocycles. The van der Waals surface area contributed by atoms with Gasteiger partial charge in [0.1, 0.15) is 0 Å². The Labute approximate surface area is 94.5 Å². The maximum Gasteiger partial charge on any atom is 0.337 e. The van der Waals surface area contributed by atoms with Crippen LogP contribution in [0.4, 0.5) is 0 Å². The van der Waals surface area contributed by atoms with E-state index in [-0.39, 0.29) is 10.5 Å². The van der Waals surface area contributed by atoms with Gasteiger partial charge >= 0.3 is 5.97 Å². The molecular formula is C11H12O4S. The van der Waals surface area contributed by atoms with Crippen LogP contribution in [0.25, 0.3) is 5.57 Å². The Kier molecular flexibility index (Phi) is 3.49. The third-order valence-electron chi connectivity index (χ3n) is 2.06. The fourth-order valence-corrected chi connectivity index (χ4v) is 1.77. The lowest BCUT2D eigenvalue weighted by Gasteiger charge is -2.04. The molecule has 0 fully saturated rings. The predicted octanol–water partition coefficient (Wildman–Crippen LogP) is 1.28. The van der Waals surface area contributed by atoms with Crippen molar-refractivity contribution in [2.24, 2.45) is 0 Å². The number of benzene rings is 1. The van der Waals surface area contributed by atoms with E-state index in [9.17, 15) is 13.2 Å². The minimum absolute atomic E-state index is 0.197. The topological polar surface area (TPSA) is 60.4 Å². The van der Waals surface area contributed by atoms with Gasteiger partial charge in [-0.1, -0.05) is 18.7 Å². The molecule has 0 atom stereocenters. The first-order valence-corrected chi connectivity index (χ1v) is 6.33. The minimum Gasteiger partial charge on any atom is -0.465 e. The molecule has 16 heavy (non-hydrogen) atoms. The molecule has 0 unspecified atom stereocenters. The molecule has 0 radical (unpaired) electrons. The van der Waals surface area contributed by atoms with E-state index >= 15 is 0 Å². The molecule has 0 heterocycles. The zero-order valence-corrected chi connectivity index (χ0v) is 9.87. The Hall–Kier alpha value is -1.62. The first kappa shape index (κ1) is 12.4. The van der Waals surface area contributed by atoms with Gasteiger partial charge in [0.25, 0.3) is 0 Å². The summed E-state index contributed by atoms with van der Waals surface area (Å²) in [5.41, 5.74) is 0.738. The van der Waals surface area contributed by atoms with E-state index in [0.717, 1.165) is 6.26 Å². The smallest absolute Gasteiger partial charge is 0.337 e. The highest BCUT2D eigenvalue weighted by Crippen LogP contribution is 2.17. The molecule has 0 aromatic heterocycles. The number of methoxy groups -OCH3 is 1. The van der Waals surface area contributed by atoms with Crippen LogP contribution in [0.1, 0.15) is 5.56 Å². The molecule has 0 amide bonds.